The van der Waals surface area contributed by atoms with Crippen LogP contribution in [0.5, 0.6) is 0 Å². The van der Waals surface area contributed by atoms with Crippen LogP contribution in [0, 0.1) is 13.8 Å². The molecule has 0 saturated carbocycles. The van der Waals surface area contributed by atoms with Crippen molar-refractivity contribution < 1.29 is 9.53 Å². The van der Waals surface area contributed by atoms with Gasteiger partial charge in [-0.25, -0.2) is 0 Å². The summed E-state index contributed by atoms with van der Waals surface area (Å²) in [7, 11) is 0. The van der Waals surface area contributed by atoms with E-state index in [4.69, 9.17) is 4.74 Å². The molecule has 0 spiro atoms. The summed E-state index contributed by atoms with van der Waals surface area (Å²) >= 11 is 0. The molecule has 1 N–H and O–H groups in total. The Morgan fingerprint density at radius 3 is 2.72 bits per heavy atom. The Hall–Kier alpha value is -1.36. The van der Waals surface area contributed by atoms with E-state index in [9.17, 15) is 4.79 Å². The van der Waals surface area contributed by atoms with Crippen LogP contribution in [0.1, 0.15) is 37.2 Å². The van der Waals surface area contributed by atoms with Crippen LogP contribution < -0.4 is 5.32 Å². The summed E-state index contributed by atoms with van der Waals surface area (Å²) in [6.07, 6.45) is 1.05. The standard InChI is InChI=1S/C13H23N3O2/c1-5-7-16-11(4)12(10(3)15-16)8-14-13(17)9-18-6-2/h5-9H2,1-4H3,(H,14,17). The number of aryl methyl sites for hydroxylation is 2. The normalized spacial score (nSPS) is 10.7. The Balaban J connectivity index is 2.59. The van der Waals surface area contributed by atoms with Gasteiger partial charge in [0, 0.05) is 31.0 Å². The number of nitrogens with zero attached hydrogens (tertiary/aromatic N) is 2. The zero-order valence-electron chi connectivity index (χ0n) is 11.7. The van der Waals surface area contributed by atoms with Gasteiger partial charge in [-0.3, -0.25) is 9.48 Å². The van der Waals surface area contributed by atoms with Gasteiger partial charge in [0.1, 0.15) is 6.61 Å². The Morgan fingerprint density at radius 2 is 2.11 bits per heavy atom. The second-order valence-electron chi connectivity index (χ2n) is 4.29. The van der Waals surface area contributed by atoms with E-state index in [0.717, 1.165) is 29.9 Å². The van der Waals surface area contributed by atoms with Crippen molar-refractivity contribution in [1.29, 1.82) is 0 Å². The van der Waals surface area contributed by atoms with Crippen molar-refractivity contribution in [3.8, 4) is 0 Å². The molecule has 0 unspecified atom stereocenters. The van der Waals surface area contributed by atoms with E-state index in [2.05, 4.69) is 17.3 Å². The fourth-order valence-corrected chi connectivity index (χ4v) is 1.85. The molecular formula is C13H23N3O2. The number of nitrogens with one attached hydrogen (secondary N) is 1. The van der Waals surface area contributed by atoms with Crippen molar-refractivity contribution in [2.24, 2.45) is 0 Å². The number of amides is 1. The van der Waals surface area contributed by atoms with E-state index < -0.39 is 0 Å². The van der Waals surface area contributed by atoms with Crippen molar-refractivity contribution in [2.75, 3.05) is 13.2 Å². The van der Waals surface area contributed by atoms with E-state index in [1.165, 1.54) is 0 Å². The second kappa shape index (κ2) is 7.16. The van der Waals surface area contributed by atoms with Gasteiger partial charge in [0.05, 0.1) is 5.69 Å². The third-order valence-corrected chi connectivity index (χ3v) is 2.87. The van der Waals surface area contributed by atoms with Gasteiger partial charge in [0.2, 0.25) is 5.91 Å². The van der Waals surface area contributed by atoms with E-state index in [-0.39, 0.29) is 12.5 Å². The largest absolute Gasteiger partial charge is 0.372 e. The molecule has 1 rings (SSSR count). The lowest BCUT2D eigenvalue weighted by Crippen LogP contribution is -2.27. The van der Waals surface area contributed by atoms with Crippen LogP contribution in [0.3, 0.4) is 0 Å². The highest BCUT2D eigenvalue weighted by molar-refractivity contribution is 5.77. The van der Waals surface area contributed by atoms with Crippen LogP contribution in [0.25, 0.3) is 0 Å². The number of hydrogen-bond acceptors (Lipinski definition) is 3. The summed E-state index contributed by atoms with van der Waals surface area (Å²) in [4.78, 5) is 11.5. The highest BCUT2D eigenvalue weighted by Gasteiger charge is 2.11. The number of carbonyl (C=O) groups excluding carboxylic acids is 1. The molecule has 5 nitrogen and oxygen atoms in total. The van der Waals surface area contributed by atoms with E-state index in [0.29, 0.717) is 13.2 Å². The van der Waals surface area contributed by atoms with Crippen LogP contribution >= 0.6 is 0 Å². The molecule has 18 heavy (non-hydrogen) atoms. The minimum absolute atomic E-state index is 0.0844. The lowest BCUT2D eigenvalue weighted by Gasteiger charge is -2.06. The molecule has 0 aliphatic heterocycles. The highest BCUT2D eigenvalue weighted by atomic mass is 16.5. The lowest BCUT2D eigenvalue weighted by atomic mass is 10.2. The quantitative estimate of drug-likeness (QED) is 0.802. The van der Waals surface area contributed by atoms with Crippen LogP contribution in [-0.4, -0.2) is 28.9 Å². The maximum Gasteiger partial charge on any atom is 0.246 e. The summed E-state index contributed by atoms with van der Waals surface area (Å²) in [5.74, 6) is -0.0844. The monoisotopic (exact) mass is 253 g/mol. The summed E-state index contributed by atoms with van der Waals surface area (Å²) in [5.41, 5.74) is 3.22. The third-order valence-electron chi connectivity index (χ3n) is 2.87. The Labute approximate surface area is 109 Å². The van der Waals surface area contributed by atoms with Crippen LogP contribution in [0.4, 0.5) is 0 Å². The molecule has 1 aromatic heterocycles. The minimum atomic E-state index is -0.0844. The third kappa shape index (κ3) is 3.84. The molecule has 0 atom stereocenters. The Bertz CT molecular complexity index is 399. The molecule has 1 aromatic rings. The SMILES string of the molecule is CCCn1nc(C)c(CNC(=O)COCC)c1C. The number of hydrogen-bond donors (Lipinski definition) is 1. The van der Waals surface area contributed by atoms with Crippen molar-refractivity contribution in [2.45, 2.75) is 47.2 Å². The molecule has 0 saturated heterocycles. The number of rotatable bonds is 7. The van der Waals surface area contributed by atoms with Gasteiger partial charge in [-0.1, -0.05) is 6.92 Å². The van der Waals surface area contributed by atoms with Crippen LogP contribution in [0.15, 0.2) is 0 Å². The number of ether oxygens (including phenoxy) is 1. The first-order chi connectivity index (χ1) is 8.60. The van der Waals surface area contributed by atoms with Gasteiger partial charge in [0.25, 0.3) is 0 Å². The fraction of sp³-hybridized carbons (Fsp3) is 0.692. The lowest BCUT2D eigenvalue weighted by molar-refractivity contribution is -0.125. The minimum Gasteiger partial charge on any atom is -0.372 e. The van der Waals surface area contributed by atoms with Crippen LogP contribution in [-0.2, 0) is 22.6 Å². The maximum absolute atomic E-state index is 11.5. The summed E-state index contributed by atoms with van der Waals surface area (Å²) < 4.78 is 7.05. The van der Waals surface area contributed by atoms with Gasteiger partial charge in [-0.2, -0.15) is 5.10 Å². The van der Waals surface area contributed by atoms with E-state index in [1.54, 1.807) is 0 Å². The molecule has 0 bridgehead atoms. The molecule has 0 aromatic carbocycles. The molecule has 0 radical (unpaired) electrons. The predicted octanol–water partition coefficient (Wildman–Crippen LogP) is 1.56. The summed E-state index contributed by atoms with van der Waals surface area (Å²) in [5, 5.41) is 7.33. The van der Waals surface area contributed by atoms with Crippen LogP contribution in [0.2, 0.25) is 0 Å². The molecule has 1 heterocycles. The first-order valence-corrected chi connectivity index (χ1v) is 6.47. The van der Waals surface area contributed by atoms with Crippen molar-refractivity contribution in [3.05, 3.63) is 17.0 Å². The second-order valence-corrected chi connectivity index (χ2v) is 4.29. The average molecular weight is 253 g/mol. The first kappa shape index (κ1) is 14.7. The molecular weight excluding hydrogens is 230 g/mol. The van der Waals surface area contributed by atoms with Crippen molar-refractivity contribution in [3.63, 3.8) is 0 Å². The zero-order valence-corrected chi connectivity index (χ0v) is 11.7. The molecule has 1 amide bonds. The predicted molar refractivity (Wildman–Crippen MR) is 70.3 cm³/mol. The number of carbonyl (C=O) groups is 1. The molecule has 102 valence electrons. The number of aromatic nitrogens is 2. The topological polar surface area (TPSA) is 56.2 Å². The fourth-order valence-electron chi connectivity index (χ4n) is 1.85. The smallest absolute Gasteiger partial charge is 0.246 e. The van der Waals surface area contributed by atoms with Gasteiger partial charge >= 0.3 is 0 Å². The summed E-state index contributed by atoms with van der Waals surface area (Å²) in [6.45, 7) is 10.1. The van der Waals surface area contributed by atoms with Gasteiger partial charge in [-0.05, 0) is 27.2 Å². The average Bonchev–Trinajstić information content (AvgIpc) is 2.60. The highest BCUT2D eigenvalue weighted by Crippen LogP contribution is 2.13. The van der Waals surface area contributed by atoms with Gasteiger partial charge in [0.15, 0.2) is 0 Å². The maximum atomic E-state index is 11.5. The zero-order chi connectivity index (χ0) is 13.5. The first-order valence-electron chi connectivity index (χ1n) is 6.47. The van der Waals surface area contributed by atoms with Crippen molar-refractivity contribution in [1.82, 2.24) is 15.1 Å². The van der Waals surface area contributed by atoms with Gasteiger partial charge < -0.3 is 10.1 Å². The molecule has 5 heteroatoms. The molecule has 0 fully saturated rings. The van der Waals surface area contributed by atoms with Gasteiger partial charge in [-0.15, -0.1) is 0 Å². The van der Waals surface area contributed by atoms with E-state index in [1.807, 2.05) is 25.5 Å². The summed E-state index contributed by atoms with van der Waals surface area (Å²) in [6, 6.07) is 0. The Kier molecular flexibility index (Phi) is 5.85. The Morgan fingerprint density at radius 1 is 1.39 bits per heavy atom. The molecule has 0 aliphatic carbocycles. The van der Waals surface area contributed by atoms with E-state index >= 15 is 0 Å². The molecule has 0 aliphatic rings. The van der Waals surface area contributed by atoms with Crippen molar-refractivity contribution >= 4 is 5.91 Å².